The van der Waals surface area contributed by atoms with Crippen LogP contribution in [0.1, 0.15) is 39.9 Å². The van der Waals surface area contributed by atoms with Crippen molar-refractivity contribution >= 4 is 23.2 Å². The minimum Gasteiger partial charge on any atom is -0.496 e. The summed E-state index contributed by atoms with van der Waals surface area (Å²) in [5.74, 6) is 0.826. The average Bonchev–Trinajstić information content (AvgIpc) is 3.17. The molecule has 1 aromatic heterocycles. The van der Waals surface area contributed by atoms with Gasteiger partial charge in [0.15, 0.2) is 0 Å². The van der Waals surface area contributed by atoms with Crippen LogP contribution in [0.2, 0.25) is 0 Å². The second-order valence-electron chi connectivity index (χ2n) is 7.01. The monoisotopic (exact) mass is 401 g/mol. The normalized spacial score (nSPS) is 15.2. The zero-order valence-electron chi connectivity index (χ0n) is 16.4. The molecule has 1 aliphatic heterocycles. The van der Waals surface area contributed by atoms with Crippen molar-refractivity contribution < 1.29 is 14.3 Å². The molecule has 1 saturated heterocycles. The molecule has 0 unspecified atom stereocenters. The van der Waals surface area contributed by atoms with Crippen molar-refractivity contribution in [1.82, 2.24) is 15.5 Å². The summed E-state index contributed by atoms with van der Waals surface area (Å²) in [5.41, 5.74) is 1.19. The maximum absolute atomic E-state index is 12.5. The lowest BCUT2D eigenvalue weighted by atomic mass is 10.0. The number of benzene rings is 1. The average molecular weight is 402 g/mol. The van der Waals surface area contributed by atoms with Crippen molar-refractivity contribution in [3.05, 3.63) is 51.7 Å². The molecule has 0 aliphatic carbocycles. The zero-order valence-corrected chi connectivity index (χ0v) is 17.2. The van der Waals surface area contributed by atoms with E-state index in [1.807, 2.05) is 30.3 Å². The van der Waals surface area contributed by atoms with Gasteiger partial charge >= 0.3 is 0 Å². The Morgan fingerprint density at radius 1 is 1.18 bits per heavy atom. The highest BCUT2D eigenvalue weighted by atomic mass is 32.1. The molecule has 1 fully saturated rings. The van der Waals surface area contributed by atoms with Gasteiger partial charge in [-0.2, -0.15) is 0 Å². The number of piperidine rings is 1. The fourth-order valence-corrected chi connectivity index (χ4v) is 4.22. The van der Waals surface area contributed by atoms with Crippen molar-refractivity contribution in [2.75, 3.05) is 20.2 Å². The maximum atomic E-state index is 12.5. The number of hydrogen-bond acceptors (Lipinski definition) is 5. The predicted octanol–water partition coefficient (Wildman–Crippen LogP) is 2.79. The molecule has 0 spiro atoms. The van der Waals surface area contributed by atoms with Crippen molar-refractivity contribution in [2.45, 2.75) is 38.9 Å². The van der Waals surface area contributed by atoms with Crippen molar-refractivity contribution in [1.29, 1.82) is 0 Å². The summed E-state index contributed by atoms with van der Waals surface area (Å²) in [5, 5.41) is 5.91. The Kier molecular flexibility index (Phi) is 7.06. The summed E-state index contributed by atoms with van der Waals surface area (Å²) in [7, 11) is 1.70. The van der Waals surface area contributed by atoms with Gasteiger partial charge in [0.05, 0.1) is 18.5 Å². The first-order valence-corrected chi connectivity index (χ1v) is 10.3. The van der Waals surface area contributed by atoms with Crippen LogP contribution in [0.15, 0.2) is 36.4 Å². The van der Waals surface area contributed by atoms with Crippen LogP contribution in [0.25, 0.3) is 0 Å². The summed E-state index contributed by atoms with van der Waals surface area (Å²) < 4.78 is 5.44. The lowest BCUT2D eigenvalue weighted by Gasteiger charge is -2.32. The molecule has 2 amide bonds. The predicted molar refractivity (Wildman–Crippen MR) is 111 cm³/mol. The lowest BCUT2D eigenvalue weighted by Crippen LogP contribution is -2.44. The summed E-state index contributed by atoms with van der Waals surface area (Å²) in [6.45, 7) is 4.71. The third kappa shape index (κ3) is 5.56. The van der Waals surface area contributed by atoms with Gasteiger partial charge in [-0.15, -0.1) is 11.3 Å². The van der Waals surface area contributed by atoms with Crippen molar-refractivity contribution in [3.8, 4) is 5.75 Å². The van der Waals surface area contributed by atoms with E-state index in [0.29, 0.717) is 11.4 Å². The Hall–Kier alpha value is -2.38. The van der Waals surface area contributed by atoms with Crippen LogP contribution in [-0.2, 0) is 17.9 Å². The number of ether oxygens (including phenoxy) is 1. The van der Waals surface area contributed by atoms with Gasteiger partial charge in [0.2, 0.25) is 5.91 Å². The highest BCUT2D eigenvalue weighted by Crippen LogP contribution is 2.22. The van der Waals surface area contributed by atoms with Crippen LogP contribution >= 0.6 is 11.3 Å². The molecular formula is C21H27N3O3S. The number of para-hydroxylation sites is 1. The van der Waals surface area contributed by atoms with E-state index in [4.69, 9.17) is 4.74 Å². The SMILES string of the molecule is COc1ccccc1CN1CCC(NC(=O)c2ccc(CNC(C)=O)s2)CC1. The fraction of sp³-hybridized carbons (Fsp3) is 0.429. The molecule has 28 heavy (non-hydrogen) atoms. The highest BCUT2D eigenvalue weighted by Gasteiger charge is 2.22. The van der Waals surface area contributed by atoms with Crippen molar-refractivity contribution in [3.63, 3.8) is 0 Å². The largest absolute Gasteiger partial charge is 0.496 e. The van der Waals surface area contributed by atoms with Gasteiger partial charge in [-0.1, -0.05) is 18.2 Å². The Balaban J connectivity index is 1.46. The second-order valence-corrected chi connectivity index (χ2v) is 8.18. The van der Waals surface area contributed by atoms with Gasteiger partial charge in [-0.25, -0.2) is 0 Å². The molecule has 0 saturated carbocycles. The van der Waals surface area contributed by atoms with Gasteiger partial charge in [0.25, 0.3) is 5.91 Å². The molecule has 3 rings (SSSR count). The molecular weight excluding hydrogens is 374 g/mol. The fourth-order valence-electron chi connectivity index (χ4n) is 3.37. The van der Waals surface area contributed by atoms with Gasteiger partial charge in [-0.3, -0.25) is 14.5 Å². The van der Waals surface area contributed by atoms with E-state index in [1.165, 1.54) is 23.8 Å². The van der Waals surface area contributed by atoms with Crippen LogP contribution in [0.4, 0.5) is 0 Å². The minimum atomic E-state index is -0.0701. The van der Waals surface area contributed by atoms with Crippen LogP contribution < -0.4 is 15.4 Å². The number of amides is 2. The number of carbonyl (C=O) groups is 2. The van der Waals surface area contributed by atoms with Crippen LogP contribution in [-0.4, -0.2) is 43.0 Å². The summed E-state index contributed by atoms with van der Waals surface area (Å²) in [6.07, 6.45) is 1.87. The Morgan fingerprint density at radius 3 is 2.64 bits per heavy atom. The number of hydrogen-bond donors (Lipinski definition) is 2. The number of nitrogens with zero attached hydrogens (tertiary/aromatic N) is 1. The smallest absolute Gasteiger partial charge is 0.261 e. The van der Waals surface area contributed by atoms with E-state index in [9.17, 15) is 9.59 Å². The number of likely N-dealkylation sites (tertiary alicyclic amines) is 1. The number of methoxy groups -OCH3 is 1. The van der Waals surface area contributed by atoms with Crippen LogP contribution in [0, 0.1) is 0 Å². The highest BCUT2D eigenvalue weighted by molar-refractivity contribution is 7.14. The number of carbonyl (C=O) groups excluding carboxylic acids is 2. The van der Waals surface area contributed by atoms with E-state index in [0.717, 1.165) is 43.1 Å². The first kappa shape index (κ1) is 20.4. The number of rotatable bonds is 7. The summed E-state index contributed by atoms with van der Waals surface area (Å²) >= 11 is 1.43. The maximum Gasteiger partial charge on any atom is 0.261 e. The standard InChI is InChI=1S/C21H27N3O3S/c1-15(25)22-13-18-7-8-20(28-18)21(26)23-17-9-11-24(12-10-17)14-16-5-3-4-6-19(16)27-2/h3-8,17H,9-14H2,1-2H3,(H,22,25)(H,23,26). The van der Waals surface area contributed by atoms with Crippen LogP contribution in [0.5, 0.6) is 5.75 Å². The van der Waals surface area contributed by atoms with Crippen molar-refractivity contribution in [2.24, 2.45) is 0 Å². The van der Waals surface area contributed by atoms with Gasteiger partial charge in [-0.05, 0) is 31.0 Å². The number of nitrogens with one attached hydrogen (secondary N) is 2. The van der Waals surface area contributed by atoms with E-state index in [2.05, 4.69) is 21.6 Å². The Bertz CT molecular complexity index is 813. The molecule has 6 nitrogen and oxygen atoms in total. The molecule has 2 heterocycles. The molecule has 7 heteroatoms. The number of thiophene rings is 1. The van der Waals surface area contributed by atoms with Gasteiger partial charge in [0.1, 0.15) is 5.75 Å². The first-order valence-electron chi connectivity index (χ1n) is 9.53. The van der Waals surface area contributed by atoms with E-state index >= 15 is 0 Å². The van der Waals surface area contributed by atoms with Gasteiger partial charge in [0, 0.05) is 43.0 Å². The molecule has 0 bridgehead atoms. The Morgan fingerprint density at radius 2 is 1.93 bits per heavy atom. The molecule has 0 atom stereocenters. The Labute approximate surface area is 169 Å². The first-order chi connectivity index (χ1) is 13.5. The van der Waals surface area contributed by atoms with E-state index in [1.54, 1.807) is 7.11 Å². The molecule has 2 aromatic rings. The quantitative estimate of drug-likeness (QED) is 0.749. The molecule has 0 radical (unpaired) electrons. The van der Waals surface area contributed by atoms with Crippen LogP contribution in [0.3, 0.4) is 0 Å². The summed E-state index contributed by atoms with van der Waals surface area (Å²) in [4.78, 5) is 27.6. The van der Waals surface area contributed by atoms with E-state index in [-0.39, 0.29) is 17.9 Å². The third-order valence-corrected chi connectivity index (χ3v) is 5.99. The molecule has 150 valence electrons. The lowest BCUT2D eigenvalue weighted by molar-refractivity contribution is -0.119. The van der Waals surface area contributed by atoms with E-state index < -0.39 is 0 Å². The molecule has 2 N–H and O–H groups in total. The molecule has 1 aromatic carbocycles. The third-order valence-electron chi connectivity index (χ3n) is 4.91. The molecule has 1 aliphatic rings. The van der Waals surface area contributed by atoms with Gasteiger partial charge < -0.3 is 15.4 Å². The topological polar surface area (TPSA) is 70.7 Å². The summed E-state index contributed by atoms with van der Waals surface area (Å²) in [6, 6.07) is 12.0. The minimum absolute atomic E-state index is 0.0257. The second kappa shape index (κ2) is 9.71. The zero-order chi connectivity index (χ0) is 19.9.